The Hall–Kier alpha value is -0.610. The second kappa shape index (κ2) is 3.64. The van der Waals surface area contributed by atoms with Crippen LogP contribution in [0.2, 0.25) is 0 Å². The van der Waals surface area contributed by atoms with Crippen molar-refractivity contribution in [2.24, 2.45) is 0 Å². The topological polar surface area (TPSA) is 34.2 Å². The summed E-state index contributed by atoms with van der Waals surface area (Å²) in [6.45, 7) is 5.84. The molecule has 1 aliphatic heterocycles. The molecule has 1 unspecified atom stereocenters. The summed E-state index contributed by atoms with van der Waals surface area (Å²) >= 11 is 1.72. The number of ether oxygens (including phenoxy) is 1. The molecule has 0 aliphatic carbocycles. The highest BCUT2D eigenvalue weighted by atomic mass is 32.1. The van der Waals surface area contributed by atoms with E-state index in [2.05, 4.69) is 17.2 Å². The van der Waals surface area contributed by atoms with E-state index in [1.165, 1.54) is 4.88 Å². The summed E-state index contributed by atoms with van der Waals surface area (Å²) in [5, 5.41) is 4.42. The van der Waals surface area contributed by atoms with Gasteiger partial charge in [0.2, 0.25) is 0 Å². The van der Waals surface area contributed by atoms with Gasteiger partial charge in [-0.25, -0.2) is 4.98 Å². The Bertz CT molecular complexity index is 272. The minimum Gasteiger partial charge on any atom is -0.379 e. The van der Waals surface area contributed by atoms with E-state index in [0.29, 0.717) is 6.04 Å². The van der Waals surface area contributed by atoms with Gasteiger partial charge in [-0.15, -0.1) is 11.3 Å². The number of aryl methyl sites for hydroxylation is 2. The third-order valence-corrected chi connectivity index (χ3v) is 3.29. The lowest BCUT2D eigenvalue weighted by Gasteiger charge is -2.07. The lowest BCUT2D eigenvalue weighted by Crippen LogP contribution is -2.18. The number of nitrogens with zero attached hydrogens (tertiary/aromatic N) is 1. The minimum atomic E-state index is 0.463. The van der Waals surface area contributed by atoms with Crippen LogP contribution in [0.4, 0.5) is 5.13 Å². The van der Waals surface area contributed by atoms with Gasteiger partial charge in [-0.2, -0.15) is 0 Å². The van der Waals surface area contributed by atoms with Crippen LogP contribution in [-0.4, -0.2) is 24.2 Å². The highest BCUT2D eigenvalue weighted by molar-refractivity contribution is 7.15. The van der Waals surface area contributed by atoms with Crippen LogP contribution in [0.5, 0.6) is 0 Å². The average molecular weight is 198 g/mol. The molecule has 2 rings (SSSR count). The SMILES string of the molecule is Cc1nc(NC2CCOC2)sc1C. The van der Waals surface area contributed by atoms with Gasteiger partial charge >= 0.3 is 0 Å². The Kier molecular flexibility index (Phi) is 2.51. The zero-order chi connectivity index (χ0) is 9.26. The van der Waals surface area contributed by atoms with Crippen molar-refractivity contribution in [2.45, 2.75) is 26.3 Å². The van der Waals surface area contributed by atoms with Gasteiger partial charge in [0.05, 0.1) is 18.3 Å². The van der Waals surface area contributed by atoms with Crippen LogP contribution in [0.1, 0.15) is 17.0 Å². The minimum absolute atomic E-state index is 0.463. The van der Waals surface area contributed by atoms with Crippen molar-refractivity contribution < 1.29 is 4.74 Å². The van der Waals surface area contributed by atoms with E-state index < -0.39 is 0 Å². The van der Waals surface area contributed by atoms with Crippen LogP contribution >= 0.6 is 11.3 Å². The Labute approximate surface area is 82.1 Å². The maximum atomic E-state index is 5.28. The predicted octanol–water partition coefficient (Wildman–Crippen LogP) is 1.96. The molecule has 1 atom stereocenters. The molecule has 72 valence electrons. The molecule has 0 radical (unpaired) electrons. The van der Waals surface area contributed by atoms with Crippen LogP contribution < -0.4 is 5.32 Å². The fourth-order valence-electron chi connectivity index (χ4n) is 1.36. The van der Waals surface area contributed by atoms with Crippen LogP contribution in [0.15, 0.2) is 0 Å². The molecule has 2 heterocycles. The molecule has 3 nitrogen and oxygen atoms in total. The van der Waals surface area contributed by atoms with Crippen molar-refractivity contribution in [3.05, 3.63) is 10.6 Å². The number of rotatable bonds is 2. The summed E-state index contributed by atoms with van der Waals surface area (Å²) in [7, 11) is 0. The standard InChI is InChI=1S/C9H14N2OS/c1-6-7(2)13-9(10-6)11-8-3-4-12-5-8/h8H,3-5H2,1-2H3,(H,10,11). The van der Waals surface area contributed by atoms with Gasteiger partial charge in [-0.3, -0.25) is 0 Å². The third kappa shape index (κ3) is 2.00. The van der Waals surface area contributed by atoms with Crippen LogP contribution in [0.25, 0.3) is 0 Å². The monoisotopic (exact) mass is 198 g/mol. The molecule has 1 N–H and O–H groups in total. The molecule has 4 heteroatoms. The molecule has 1 saturated heterocycles. The molecule has 1 fully saturated rings. The van der Waals surface area contributed by atoms with Gasteiger partial charge in [-0.05, 0) is 20.3 Å². The first-order valence-corrected chi connectivity index (χ1v) is 5.35. The van der Waals surface area contributed by atoms with Crippen molar-refractivity contribution in [3.63, 3.8) is 0 Å². The molecule has 0 amide bonds. The quantitative estimate of drug-likeness (QED) is 0.788. The van der Waals surface area contributed by atoms with Crippen molar-refractivity contribution >= 4 is 16.5 Å². The van der Waals surface area contributed by atoms with Gasteiger partial charge in [-0.1, -0.05) is 0 Å². The van der Waals surface area contributed by atoms with E-state index >= 15 is 0 Å². The smallest absolute Gasteiger partial charge is 0.183 e. The van der Waals surface area contributed by atoms with E-state index in [1.807, 2.05) is 6.92 Å². The molecule has 1 aliphatic rings. The molecular formula is C9H14N2OS. The second-order valence-corrected chi connectivity index (χ2v) is 4.57. The largest absolute Gasteiger partial charge is 0.379 e. The first-order valence-electron chi connectivity index (χ1n) is 4.54. The van der Waals surface area contributed by atoms with Crippen molar-refractivity contribution in [3.8, 4) is 0 Å². The fraction of sp³-hybridized carbons (Fsp3) is 0.667. The molecular weight excluding hydrogens is 184 g/mol. The number of hydrogen-bond donors (Lipinski definition) is 1. The fourth-order valence-corrected chi connectivity index (χ4v) is 2.25. The van der Waals surface area contributed by atoms with E-state index in [4.69, 9.17) is 4.74 Å². The van der Waals surface area contributed by atoms with Gasteiger partial charge in [0.25, 0.3) is 0 Å². The summed E-state index contributed by atoms with van der Waals surface area (Å²) in [5.41, 5.74) is 1.13. The number of anilines is 1. The zero-order valence-electron chi connectivity index (χ0n) is 7.96. The van der Waals surface area contributed by atoms with E-state index in [9.17, 15) is 0 Å². The highest BCUT2D eigenvalue weighted by Crippen LogP contribution is 2.23. The van der Waals surface area contributed by atoms with Crippen LogP contribution in [0.3, 0.4) is 0 Å². The van der Waals surface area contributed by atoms with Crippen LogP contribution in [-0.2, 0) is 4.74 Å². The van der Waals surface area contributed by atoms with E-state index in [0.717, 1.165) is 30.5 Å². The Balaban J connectivity index is 2.00. The Morgan fingerprint density at radius 1 is 1.54 bits per heavy atom. The molecule has 0 bridgehead atoms. The molecule has 0 aromatic carbocycles. The second-order valence-electron chi connectivity index (χ2n) is 3.37. The maximum Gasteiger partial charge on any atom is 0.183 e. The maximum absolute atomic E-state index is 5.28. The van der Waals surface area contributed by atoms with Crippen molar-refractivity contribution in [1.29, 1.82) is 0 Å². The summed E-state index contributed by atoms with van der Waals surface area (Å²) in [6, 6.07) is 0.463. The van der Waals surface area contributed by atoms with E-state index in [1.54, 1.807) is 11.3 Å². The first-order chi connectivity index (χ1) is 6.25. The number of nitrogens with one attached hydrogen (secondary N) is 1. The lowest BCUT2D eigenvalue weighted by molar-refractivity contribution is 0.195. The van der Waals surface area contributed by atoms with Crippen molar-refractivity contribution in [2.75, 3.05) is 18.5 Å². The van der Waals surface area contributed by atoms with Gasteiger partial charge in [0.15, 0.2) is 5.13 Å². The number of thiazole rings is 1. The van der Waals surface area contributed by atoms with Gasteiger partial charge < -0.3 is 10.1 Å². The lowest BCUT2D eigenvalue weighted by atomic mass is 10.3. The molecule has 0 saturated carbocycles. The normalized spacial score (nSPS) is 22.2. The van der Waals surface area contributed by atoms with E-state index in [-0.39, 0.29) is 0 Å². The highest BCUT2D eigenvalue weighted by Gasteiger charge is 2.16. The van der Waals surface area contributed by atoms with Gasteiger partial charge in [0, 0.05) is 11.5 Å². The van der Waals surface area contributed by atoms with Gasteiger partial charge in [0.1, 0.15) is 0 Å². The van der Waals surface area contributed by atoms with Crippen molar-refractivity contribution in [1.82, 2.24) is 4.98 Å². The first kappa shape index (κ1) is 8.97. The molecule has 1 aromatic heterocycles. The molecule has 13 heavy (non-hydrogen) atoms. The predicted molar refractivity (Wildman–Crippen MR) is 54.4 cm³/mol. The molecule has 0 spiro atoms. The number of hydrogen-bond acceptors (Lipinski definition) is 4. The Morgan fingerprint density at radius 3 is 2.92 bits per heavy atom. The number of aromatic nitrogens is 1. The summed E-state index contributed by atoms with van der Waals surface area (Å²) in [6.07, 6.45) is 1.09. The third-order valence-electron chi connectivity index (χ3n) is 2.29. The summed E-state index contributed by atoms with van der Waals surface area (Å²) in [4.78, 5) is 5.72. The summed E-state index contributed by atoms with van der Waals surface area (Å²) in [5.74, 6) is 0. The summed E-state index contributed by atoms with van der Waals surface area (Å²) < 4.78 is 5.28. The molecule has 1 aromatic rings. The zero-order valence-corrected chi connectivity index (χ0v) is 8.78. The Morgan fingerprint density at radius 2 is 2.38 bits per heavy atom. The average Bonchev–Trinajstić information content (AvgIpc) is 2.64. The van der Waals surface area contributed by atoms with Crippen LogP contribution in [0, 0.1) is 13.8 Å².